The Labute approximate surface area is 103 Å². The van der Waals surface area contributed by atoms with Gasteiger partial charge in [-0.25, -0.2) is 0 Å². The Morgan fingerprint density at radius 1 is 1.47 bits per heavy atom. The van der Waals surface area contributed by atoms with E-state index in [0.29, 0.717) is 0 Å². The first-order chi connectivity index (χ1) is 8.38. The third-order valence-electron chi connectivity index (χ3n) is 3.76. The van der Waals surface area contributed by atoms with E-state index >= 15 is 0 Å². The van der Waals surface area contributed by atoms with Crippen molar-refractivity contribution in [3.63, 3.8) is 0 Å². The maximum absolute atomic E-state index is 5.76. The van der Waals surface area contributed by atoms with Gasteiger partial charge in [0.2, 0.25) is 0 Å². The van der Waals surface area contributed by atoms with E-state index in [1.54, 1.807) is 0 Å². The normalized spacial score (nSPS) is 25.7. The summed E-state index contributed by atoms with van der Waals surface area (Å²) in [6, 6.07) is 7.07. The molecule has 1 aromatic carbocycles. The fourth-order valence-electron chi connectivity index (χ4n) is 2.56. The molecular formula is C14H20N2O. The van der Waals surface area contributed by atoms with Crippen LogP contribution in [-0.4, -0.2) is 19.2 Å². The summed E-state index contributed by atoms with van der Waals surface area (Å²) in [6.07, 6.45) is 2.63. The van der Waals surface area contributed by atoms with E-state index in [1.807, 2.05) is 0 Å². The van der Waals surface area contributed by atoms with Gasteiger partial charge in [-0.2, -0.15) is 0 Å². The molecule has 3 heteroatoms. The van der Waals surface area contributed by atoms with E-state index in [-0.39, 0.29) is 0 Å². The molecule has 1 aliphatic heterocycles. The van der Waals surface area contributed by atoms with Gasteiger partial charge in [-0.05, 0) is 18.4 Å². The molecule has 0 saturated heterocycles. The van der Waals surface area contributed by atoms with Gasteiger partial charge in [-0.15, -0.1) is 0 Å². The van der Waals surface area contributed by atoms with Crippen molar-refractivity contribution in [1.29, 1.82) is 0 Å². The van der Waals surface area contributed by atoms with Crippen molar-refractivity contribution in [2.24, 2.45) is 5.92 Å². The molecule has 3 rings (SSSR count). The van der Waals surface area contributed by atoms with Crippen LogP contribution >= 0.6 is 0 Å². The Balaban J connectivity index is 1.66. The van der Waals surface area contributed by atoms with Crippen molar-refractivity contribution < 1.29 is 4.74 Å². The highest BCUT2D eigenvalue weighted by atomic mass is 16.5. The van der Waals surface area contributed by atoms with Gasteiger partial charge in [0.05, 0.1) is 5.69 Å². The summed E-state index contributed by atoms with van der Waals surface area (Å²) in [4.78, 5) is 0. The average molecular weight is 232 g/mol. The molecule has 92 valence electrons. The van der Waals surface area contributed by atoms with Gasteiger partial charge in [0.15, 0.2) is 0 Å². The number of fused-ring (bicyclic) bond motifs is 1. The smallest absolute Gasteiger partial charge is 0.146 e. The highest BCUT2D eigenvalue weighted by Crippen LogP contribution is 2.35. The van der Waals surface area contributed by atoms with Crippen LogP contribution < -0.4 is 15.4 Å². The molecule has 1 aliphatic carbocycles. The second kappa shape index (κ2) is 4.57. The minimum atomic E-state index is 0.729. The molecule has 1 aromatic rings. The monoisotopic (exact) mass is 232 g/mol. The van der Waals surface area contributed by atoms with Crippen molar-refractivity contribution in [2.75, 3.05) is 18.5 Å². The first-order valence-corrected chi connectivity index (χ1v) is 6.60. The van der Waals surface area contributed by atoms with Crippen LogP contribution in [0.1, 0.15) is 25.3 Å². The standard InChI is InChI=1S/C14H20N2O/c1-2-10-8-13(10)16-9-11-4-3-5-12-14(11)17-7-6-15-12/h3-5,10,13,15-16H,2,6-9H2,1H3. The highest BCUT2D eigenvalue weighted by molar-refractivity contribution is 5.61. The second-order valence-electron chi connectivity index (χ2n) is 4.96. The molecule has 2 N–H and O–H groups in total. The molecule has 17 heavy (non-hydrogen) atoms. The average Bonchev–Trinajstić information content (AvgIpc) is 3.15. The van der Waals surface area contributed by atoms with Crippen molar-refractivity contribution in [1.82, 2.24) is 5.32 Å². The van der Waals surface area contributed by atoms with Crippen molar-refractivity contribution in [3.8, 4) is 5.75 Å². The Kier molecular flexibility index (Phi) is 2.93. The Hall–Kier alpha value is -1.22. The summed E-state index contributed by atoms with van der Waals surface area (Å²) < 4.78 is 5.76. The van der Waals surface area contributed by atoms with Crippen LogP contribution in [0, 0.1) is 5.92 Å². The molecule has 2 atom stereocenters. The van der Waals surface area contributed by atoms with E-state index < -0.39 is 0 Å². The predicted molar refractivity (Wildman–Crippen MR) is 69.5 cm³/mol. The van der Waals surface area contributed by atoms with Crippen LogP contribution in [0.3, 0.4) is 0 Å². The lowest BCUT2D eigenvalue weighted by Gasteiger charge is -2.22. The minimum absolute atomic E-state index is 0.729. The lowest BCUT2D eigenvalue weighted by molar-refractivity contribution is 0.318. The number of anilines is 1. The van der Waals surface area contributed by atoms with Crippen LogP contribution in [0.15, 0.2) is 18.2 Å². The zero-order valence-electron chi connectivity index (χ0n) is 10.3. The van der Waals surface area contributed by atoms with Crippen molar-refractivity contribution in [2.45, 2.75) is 32.4 Å². The van der Waals surface area contributed by atoms with E-state index in [0.717, 1.165) is 43.1 Å². The van der Waals surface area contributed by atoms with E-state index in [2.05, 4.69) is 35.8 Å². The number of nitrogens with one attached hydrogen (secondary N) is 2. The molecule has 0 aromatic heterocycles. The topological polar surface area (TPSA) is 33.3 Å². The highest BCUT2D eigenvalue weighted by Gasteiger charge is 2.34. The first-order valence-electron chi connectivity index (χ1n) is 6.60. The molecular weight excluding hydrogens is 212 g/mol. The summed E-state index contributed by atoms with van der Waals surface area (Å²) in [5, 5.41) is 6.99. The lowest BCUT2D eigenvalue weighted by Crippen LogP contribution is -2.22. The minimum Gasteiger partial charge on any atom is -0.489 e. The van der Waals surface area contributed by atoms with Gasteiger partial charge in [0.25, 0.3) is 0 Å². The van der Waals surface area contributed by atoms with Gasteiger partial charge < -0.3 is 15.4 Å². The van der Waals surface area contributed by atoms with Crippen LogP contribution in [0.4, 0.5) is 5.69 Å². The molecule has 1 heterocycles. The number of rotatable bonds is 4. The van der Waals surface area contributed by atoms with Crippen LogP contribution in [-0.2, 0) is 6.54 Å². The van der Waals surface area contributed by atoms with E-state index in [4.69, 9.17) is 4.74 Å². The summed E-state index contributed by atoms with van der Waals surface area (Å²) in [7, 11) is 0. The zero-order valence-corrected chi connectivity index (χ0v) is 10.3. The Morgan fingerprint density at radius 3 is 3.24 bits per heavy atom. The molecule has 0 bridgehead atoms. The summed E-state index contributed by atoms with van der Waals surface area (Å²) in [6.45, 7) is 4.87. The quantitative estimate of drug-likeness (QED) is 0.836. The largest absolute Gasteiger partial charge is 0.489 e. The summed E-state index contributed by atoms with van der Waals surface area (Å²) >= 11 is 0. The molecule has 2 aliphatic rings. The number of benzene rings is 1. The number of ether oxygens (including phenoxy) is 1. The second-order valence-corrected chi connectivity index (χ2v) is 4.96. The maximum atomic E-state index is 5.76. The van der Waals surface area contributed by atoms with Crippen molar-refractivity contribution >= 4 is 5.69 Å². The van der Waals surface area contributed by atoms with Crippen LogP contribution in [0.5, 0.6) is 5.75 Å². The number of para-hydroxylation sites is 1. The molecule has 0 amide bonds. The molecule has 3 nitrogen and oxygen atoms in total. The van der Waals surface area contributed by atoms with Gasteiger partial charge >= 0.3 is 0 Å². The molecule has 0 radical (unpaired) electrons. The lowest BCUT2D eigenvalue weighted by atomic mass is 10.1. The van der Waals surface area contributed by atoms with Gasteiger partial charge in [-0.1, -0.05) is 25.5 Å². The maximum Gasteiger partial charge on any atom is 0.146 e. The van der Waals surface area contributed by atoms with E-state index in [9.17, 15) is 0 Å². The zero-order chi connectivity index (χ0) is 11.7. The summed E-state index contributed by atoms with van der Waals surface area (Å²) in [5.74, 6) is 1.94. The van der Waals surface area contributed by atoms with E-state index in [1.165, 1.54) is 18.4 Å². The molecule has 0 spiro atoms. The fraction of sp³-hybridized carbons (Fsp3) is 0.571. The van der Waals surface area contributed by atoms with Gasteiger partial charge in [0, 0.05) is 24.7 Å². The van der Waals surface area contributed by atoms with Crippen LogP contribution in [0.2, 0.25) is 0 Å². The Bertz CT molecular complexity index is 405. The Morgan fingerprint density at radius 2 is 2.41 bits per heavy atom. The molecule has 2 unspecified atom stereocenters. The van der Waals surface area contributed by atoms with Gasteiger partial charge in [0.1, 0.15) is 12.4 Å². The predicted octanol–water partition coefficient (Wildman–Crippen LogP) is 2.38. The molecule has 1 saturated carbocycles. The number of hydrogen-bond acceptors (Lipinski definition) is 3. The summed E-state index contributed by atoms with van der Waals surface area (Å²) in [5.41, 5.74) is 2.41. The number of hydrogen-bond donors (Lipinski definition) is 2. The third-order valence-corrected chi connectivity index (χ3v) is 3.76. The fourth-order valence-corrected chi connectivity index (χ4v) is 2.56. The SMILES string of the molecule is CCC1CC1NCc1cccc2c1OCCN2. The first kappa shape index (κ1) is 10.9. The van der Waals surface area contributed by atoms with Crippen molar-refractivity contribution in [3.05, 3.63) is 23.8 Å². The van der Waals surface area contributed by atoms with Gasteiger partial charge in [-0.3, -0.25) is 0 Å². The third kappa shape index (κ3) is 2.25. The van der Waals surface area contributed by atoms with Crippen LogP contribution in [0.25, 0.3) is 0 Å². The molecule has 1 fully saturated rings.